The minimum absolute atomic E-state index is 0.0222. The van der Waals surface area contributed by atoms with E-state index in [0.29, 0.717) is 52.8 Å². The number of nitrogens with zero attached hydrogens (tertiary/aromatic N) is 5. The van der Waals surface area contributed by atoms with Crippen LogP contribution in [0.2, 0.25) is 5.02 Å². The van der Waals surface area contributed by atoms with Gasteiger partial charge in [0.05, 0.1) is 36.0 Å². The topological polar surface area (TPSA) is 234 Å². The van der Waals surface area contributed by atoms with E-state index in [1.54, 1.807) is 35.3 Å². The number of hydrogen-bond donors (Lipinski definition) is 6. The molecule has 0 saturated heterocycles. The third kappa shape index (κ3) is 11.3. The van der Waals surface area contributed by atoms with Gasteiger partial charge in [-0.3, -0.25) is 25.2 Å². The van der Waals surface area contributed by atoms with E-state index < -0.39 is 37.2 Å². The molecular formula is C40H42ClN7O9. The first kappa shape index (κ1) is 42.1. The fourth-order valence-electron chi connectivity index (χ4n) is 5.80. The van der Waals surface area contributed by atoms with Crippen molar-refractivity contribution in [2.45, 2.75) is 58.8 Å². The van der Waals surface area contributed by atoms with Gasteiger partial charge in [-0.25, -0.2) is 4.68 Å². The summed E-state index contributed by atoms with van der Waals surface area (Å²) in [5, 5.41) is 60.4. The summed E-state index contributed by atoms with van der Waals surface area (Å²) in [6.45, 7) is 3.91. The summed E-state index contributed by atoms with van der Waals surface area (Å²) in [6.07, 6.45) is 4.71. The van der Waals surface area contributed by atoms with Crippen molar-refractivity contribution in [2.24, 2.45) is 0 Å². The molecule has 57 heavy (non-hydrogen) atoms. The molecule has 16 nitrogen and oxygen atoms in total. The molecule has 17 heteroatoms. The number of ether oxygens (including phenoxy) is 3. The van der Waals surface area contributed by atoms with Gasteiger partial charge in [0.2, 0.25) is 0 Å². The number of aliphatic carboxylic acids is 2. The van der Waals surface area contributed by atoms with Crippen molar-refractivity contribution in [3.63, 3.8) is 0 Å². The predicted octanol–water partition coefficient (Wildman–Crippen LogP) is 3.79. The standard InChI is InChI=1S/C40H42ClN7O9/c1-24-28(23-57-38-13-37(56-22-27-11-26(14-42)15-43-16-27)29(12-33(38)41)17-44-34(20-49)39(51)52)5-3-6-31(24)32-7-4-8-36(25(32)2)55-10-9-48-19-30(46-47-48)18-45-35(21-50)40(53)54/h3-8,11-13,15-16,19,34-35,44-45,49-50H,9-10,17-18,20-23H2,1-2H3,(H,51,52)(H,53,54). The first-order valence-corrected chi connectivity index (χ1v) is 18.1. The molecule has 0 bridgehead atoms. The maximum absolute atomic E-state index is 11.5. The van der Waals surface area contributed by atoms with Gasteiger partial charge in [-0.05, 0) is 59.9 Å². The lowest BCUT2D eigenvalue weighted by Gasteiger charge is -2.19. The lowest BCUT2D eigenvalue weighted by molar-refractivity contribution is -0.141. The Kier molecular flexibility index (Phi) is 14.9. The molecule has 3 aromatic carbocycles. The summed E-state index contributed by atoms with van der Waals surface area (Å²) in [5.74, 6) is -0.977. The Morgan fingerprint density at radius 2 is 1.53 bits per heavy atom. The molecule has 2 unspecified atom stereocenters. The molecule has 2 heterocycles. The molecule has 0 saturated carbocycles. The van der Waals surface area contributed by atoms with Gasteiger partial charge in [0.25, 0.3) is 0 Å². The number of aromatic nitrogens is 4. The molecule has 2 atom stereocenters. The van der Waals surface area contributed by atoms with Gasteiger partial charge in [0.15, 0.2) is 0 Å². The number of carbonyl (C=O) groups is 2. The predicted molar refractivity (Wildman–Crippen MR) is 207 cm³/mol. The average molecular weight is 800 g/mol. The summed E-state index contributed by atoms with van der Waals surface area (Å²) in [5.41, 5.74) is 6.85. The third-order valence-corrected chi connectivity index (χ3v) is 9.33. The van der Waals surface area contributed by atoms with E-state index in [0.717, 1.165) is 27.8 Å². The van der Waals surface area contributed by atoms with Crippen LogP contribution in [0.3, 0.4) is 0 Å². The van der Waals surface area contributed by atoms with Crippen LogP contribution in [-0.4, -0.2) is 84.2 Å². The minimum Gasteiger partial charge on any atom is -0.491 e. The maximum Gasteiger partial charge on any atom is 0.323 e. The first-order chi connectivity index (χ1) is 27.5. The number of rotatable bonds is 21. The number of pyridine rings is 1. The zero-order valence-corrected chi connectivity index (χ0v) is 31.9. The number of aliphatic hydroxyl groups is 2. The number of nitrogens with one attached hydrogen (secondary N) is 2. The van der Waals surface area contributed by atoms with Crippen molar-refractivity contribution in [3.05, 3.63) is 117 Å². The molecule has 298 valence electrons. The smallest absolute Gasteiger partial charge is 0.323 e. The van der Waals surface area contributed by atoms with E-state index in [-0.39, 0.29) is 31.3 Å². The van der Waals surface area contributed by atoms with Crippen LogP contribution >= 0.6 is 11.6 Å². The van der Waals surface area contributed by atoms with E-state index in [9.17, 15) is 30.2 Å². The van der Waals surface area contributed by atoms with Crippen LogP contribution in [0, 0.1) is 25.2 Å². The fraction of sp³-hybridized carbons (Fsp3) is 0.300. The molecule has 6 N–H and O–H groups in total. The van der Waals surface area contributed by atoms with Gasteiger partial charge in [-0.1, -0.05) is 47.1 Å². The highest BCUT2D eigenvalue weighted by Gasteiger charge is 2.20. The first-order valence-electron chi connectivity index (χ1n) is 17.8. The molecule has 0 spiro atoms. The maximum atomic E-state index is 11.5. The van der Waals surface area contributed by atoms with Crippen LogP contribution in [-0.2, 0) is 42.4 Å². The molecule has 5 rings (SSSR count). The van der Waals surface area contributed by atoms with Crippen LogP contribution in [0.1, 0.15) is 39.1 Å². The second-order valence-electron chi connectivity index (χ2n) is 12.9. The SMILES string of the molecule is Cc1c(COc2cc(OCc3cncc(C#N)c3)c(CNC(CO)C(=O)O)cc2Cl)cccc1-c1cccc(OCCn2cc(CNC(CO)C(=O)O)nn2)c1C. The number of aliphatic hydroxyl groups excluding tert-OH is 2. The lowest BCUT2D eigenvalue weighted by Crippen LogP contribution is -2.39. The van der Waals surface area contributed by atoms with E-state index in [1.165, 1.54) is 6.20 Å². The molecule has 0 aliphatic carbocycles. The largest absolute Gasteiger partial charge is 0.491 e. The van der Waals surface area contributed by atoms with Crippen molar-refractivity contribution >= 4 is 23.5 Å². The highest BCUT2D eigenvalue weighted by Crippen LogP contribution is 2.36. The summed E-state index contributed by atoms with van der Waals surface area (Å²) < 4.78 is 20.1. The van der Waals surface area contributed by atoms with Crippen LogP contribution in [0.15, 0.2) is 73.2 Å². The van der Waals surface area contributed by atoms with E-state index in [4.69, 9.17) is 30.9 Å². The number of halogens is 1. The molecular weight excluding hydrogens is 758 g/mol. The molecule has 0 fully saturated rings. The Balaban J connectivity index is 1.27. The third-order valence-electron chi connectivity index (χ3n) is 9.03. The van der Waals surface area contributed by atoms with Crippen molar-refractivity contribution in [2.75, 3.05) is 19.8 Å². The molecule has 5 aromatic rings. The van der Waals surface area contributed by atoms with Crippen LogP contribution in [0.4, 0.5) is 0 Å². The van der Waals surface area contributed by atoms with E-state index in [1.807, 2.05) is 56.3 Å². The highest BCUT2D eigenvalue weighted by atomic mass is 35.5. The van der Waals surface area contributed by atoms with Gasteiger partial charge in [-0.2, -0.15) is 5.26 Å². The molecule has 0 aliphatic heterocycles. The van der Waals surface area contributed by atoms with Gasteiger partial charge in [-0.15, -0.1) is 5.10 Å². The zero-order chi connectivity index (χ0) is 40.9. The van der Waals surface area contributed by atoms with Gasteiger partial charge >= 0.3 is 11.9 Å². The van der Waals surface area contributed by atoms with Crippen molar-refractivity contribution in [3.8, 4) is 34.4 Å². The Bertz CT molecular complexity index is 2230. The summed E-state index contributed by atoms with van der Waals surface area (Å²) in [4.78, 5) is 26.7. The molecule has 0 amide bonds. The van der Waals surface area contributed by atoms with Crippen LogP contribution < -0.4 is 24.8 Å². The highest BCUT2D eigenvalue weighted by molar-refractivity contribution is 6.32. The van der Waals surface area contributed by atoms with Crippen LogP contribution in [0.5, 0.6) is 17.2 Å². The summed E-state index contributed by atoms with van der Waals surface area (Å²) >= 11 is 6.69. The normalized spacial score (nSPS) is 12.1. The number of carboxylic acid groups (broad SMARTS) is 2. The molecule has 2 aromatic heterocycles. The molecule has 0 aliphatic rings. The van der Waals surface area contributed by atoms with E-state index >= 15 is 0 Å². The van der Waals surface area contributed by atoms with Crippen molar-refractivity contribution in [1.82, 2.24) is 30.6 Å². The van der Waals surface area contributed by atoms with E-state index in [2.05, 4.69) is 25.9 Å². The Hall–Kier alpha value is -6.09. The van der Waals surface area contributed by atoms with Crippen molar-refractivity contribution in [1.29, 1.82) is 5.26 Å². The Morgan fingerprint density at radius 1 is 0.842 bits per heavy atom. The van der Waals surface area contributed by atoms with Gasteiger partial charge in [0, 0.05) is 48.9 Å². The molecule has 0 radical (unpaired) electrons. The summed E-state index contributed by atoms with van der Waals surface area (Å²) in [7, 11) is 0. The van der Waals surface area contributed by atoms with Gasteiger partial charge in [0.1, 0.15) is 55.2 Å². The number of benzene rings is 3. The zero-order valence-electron chi connectivity index (χ0n) is 31.2. The summed E-state index contributed by atoms with van der Waals surface area (Å²) in [6, 6.07) is 16.4. The Labute approximate surface area is 333 Å². The van der Waals surface area contributed by atoms with Crippen molar-refractivity contribution < 1.29 is 44.2 Å². The quantitative estimate of drug-likeness (QED) is 0.0620. The fourth-order valence-corrected chi connectivity index (χ4v) is 6.04. The Morgan fingerprint density at radius 3 is 2.23 bits per heavy atom. The number of nitriles is 1. The van der Waals surface area contributed by atoms with Crippen LogP contribution in [0.25, 0.3) is 11.1 Å². The number of hydrogen-bond acceptors (Lipinski definition) is 13. The number of carboxylic acids is 2. The van der Waals surface area contributed by atoms with Gasteiger partial charge < -0.3 is 34.6 Å². The second kappa shape index (κ2) is 20.2. The lowest BCUT2D eigenvalue weighted by atomic mass is 9.93. The minimum atomic E-state index is -1.21. The monoisotopic (exact) mass is 799 g/mol. The average Bonchev–Trinajstić information content (AvgIpc) is 3.66. The second-order valence-corrected chi connectivity index (χ2v) is 13.3.